The number of hydrogen-bond donors (Lipinski definition) is 2. The first-order chi connectivity index (χ1) is 9.24. The predicted octanol–water partition coefficient (Wildman–Crippen LogP) is 0.852. The van der Waals surface area contributed by atoms with E-state index >= 15 is 0 Å². The lowest BCUT2D eigenvalue weighted by molar-refractivity contribution is -0.227. The number of nitrogens with zero attached hydrogens (tertiary/aromatic N) is 1. The van der Waals surface area contributed by atoms with Crippen LogP contribution < -0.4 is 5.32 Å². The number of aliphatic carboxylic acids is 1. The van der Waals surface area contributed by atoms with Crippen molar-refractivity contribution in [3.63, 3.8) is 0 Å². The molecule has 2 N–H and O–H groups in total. The van der Waals surface area contributed by atoms with Crippen molar-refractivity contribution < 1.29 is 27.9 Å². The molecule has 114 valence electrons. The first kappa shape index (κ1) is 15.1. The first-order valence-electron chi connectivity index (χ1n) is 6.54. The molecule has 2 fully saturated rings. The summed E-state index contributed by atoms with van der Waals surface area (Å²) in [6, 6.07) is 0. The Kier molecular flexibility index (Phi) is 3.95. The molecule has 1 aliphatic carbocycles. The summed E-state index contributed by atoms with van der Waals surface area (Å²) in [5, 5.41) is 11.5. The van der Waals surface area contributed by atoms with Crippen LogP contribution in [-0.2, 0) is 9.59 Å². The fourth-order valence-corrected chi connectivity index (χ4v) is 2.39. The highest BCUT2D eigenvalue weighted by Crippen LogP contribution is 2.45. The van der Waals surface area contributed by atoms with Crippen LogP contribution in [0.4, 0.5) is 13.2 Å². The Labute approximate surface area is 114 Å². The van der Waals surface area contributed by atoms with Gasteiger partial charge in [-0.2, -0.15) is 13.2 Å². The number of carboxylic acids is 1. The number of carbonyl (C=O) groups is 2. The van der Waals surface area contributed by atoms with Crippen LogP contribution in [0.15, 0.2) is 0 Å². The molecule has 1 aliphatic heterocycles. The molecule has 0 radical (unpaired) electrons. The molecule has 2 aliphatic rings. The number of carbonyl (C=O) groups excluding carboxylic acids is 1. The van der Waals surface area contributed by atoms with Crippen LogP contribution in [0.2, 0.25) is 0 Å². The van der Waals surface area contributed by atoms with Gasteiger partial charge in [0.25, 0.3) is 0 Å². The normalized spacial score (nSPS) is 27.6. The van der Waals surface area contributed by atoms with Gasteiger partial charge in [-0.1, -0.05) is 0 Å². The van der Waals surface area contributed by atoms with Gasteiger partial charge in [0.2, 0.25) is 5.91 Å². The molecular formula is C12H17F3N2O3. The van der Waals surface area contributed by atoms with Gasteiger partial charge in [0.05, 0.1) is 6.54 Å². The Morgan fingerprint density at radius 3 is 2.45 bits per heavy atom. The largest absolute Gasteiger partial charge is 0.481 e. The standard InChI is InChI=1S/C12H17F3N2O3/c13-12(14,15)11(10(19)20)3-4-17(7-11)6-9(18)16-5-8-1-2-8/h8H,1-7H2,(H,16,18)(H,19,20). The molecule has 8 heteroatoms. The molecule has 2 rings (SSSR count). The summed E-state index contributed by atoms with van der Waals surface area (Å²) in [4.78, 5) is 23.8. The van der Waals surface area contributed by atoms with Gasteiger partial charge in [-0.25, -0.2) is 0 Å². The minimum atomic E-state index is -4.81. The maximum Gasteiger partial charge on any atom is 0.406 e. The third-order valence-corrected chi connectivity index (χ3v) is 3.95. The van der Waals surface area contributed by atoms with E-state index in [0.29, 0.717) is 12.5 Å². The topological polar surface area (TPSA) is 69.6 Å². The molecule has 20 heavy (non-hydrogen) atoms. The quantitative estimate of drug-likeness (QED) is 0.789. The summed E-state index contributed by atoms with van der Waals surface area (Å²) < 4.78 is 38.8. The minimum Gasteiger partial charge on any atom is -0.481 e. The van der Waals surface area contributed by atoms with E-state index in [4.69, 9.17) is 5.11 Å². The number of rotatable bonds is 5. The zero-order valence-corrected chi connectivity index (χ0v) is 10.9. The molecule has 1 unspecified atom stereocenters. The number of alkyl halides is 3. The molecule has 5 nitrogen and oxygen atoms in total. The van der Waals surface area contributed by atoms with Crippen LogP contribution in [0.25, 0.3) is 0 Å². The number of amides is 1. The molecule has 1 heterocycles. The predicted molar refractivity (Wildman–Crippen MR) is 62.9 cm³/mol. The Morgan fingerprint density at radius 1 is 1.35 bits per heavy atom. The van der Waals surface area contributed by atoms with E-state index in [9.17, 15) is 22.8 Å². The van der Waals surface area contributed by atoms with Crippen molar-refractivity contribution in [1.29, 1.82) is 0 Å². The Balaban J connectivity index is 1.89. The van der Waals surface area contributed by atoms with Gasteiger partial charge >= 0.3 is 12.1 Å². The summed E-state index contributed by atoms with van der Waals surface area (Å²) in [5.41, 5.74) is -2.75. The van der Waals surface area contributed by atoms with Crippen LogP contribution in [0.3, 0.4) is 0 Å². The maximum atomic E-state index is 12.9. The highest BCUT2D eigenvalue weighted by Gasteiger charge is 2.63. The zero-order chi connectivity index (χ0) is 15.0. The minimum absolute atomic E-state index is 0.0390. The molecule has 1 saturated heterocycles. The Morgan fingerprint density at radius 2 is 2.00 bits per heavy atom. The summed E-state index contributed by atoms with van der Waals surface area (Å²) in [6.07, 6.45) is -3.18. The smallest absolute Gasteiger partial charge is 0.406 e. The summed E-state index contributed by atoms with van der Waals surface area (Å²) in [6.45, 7) is -0.334. The number of halogens is 3. The van der Waals surface area contributed by atoms with Crippen molar-refractivity contribution in [3.8, 4) is 0 Å². The van der Waals surface area contributed by atoms with Crippen molar-refractivity contribution in [2.24, 2.45) is 11.3 Å². The van der Waals surface area contributed by atoms with Crippen molar-refractivity contribution in [3.05, 3.63) is 0 Å². The van der Waals surface area contributed by atoms with Gasteiger partial charge in [0.1, 0.15) is 0 Å². The van der Waals surface area contributed by atoms with Crippen molar-refractivity contribution in [2.75, 3.05) is 26.2 Å². The molecule has 0 spiro atoms. The van der Waals surface area contributed by atoms with Gasteiger partial charge in [-0.15, -0.1) is 0 Å². The third-order valence-electron chi connectivity index (χ3n) is 3.95. The molecule has 0 aromatic heterocycles. The van der Waals surface area contributed by atoms with Gasteiger partial charge in [0.15, 0.2) is 5.41 Å². The van der Waals surface area contributed by atoms with Crippen LogP contribution in [-0.4, -0.2) is 54.2 Å². The van der Waals surface area contributed by atoms with Crippen LogP contribution in [0.5, 0.6) is 0 Å². The molecule has 1 atom stereocenters. The second kappa shape index (κ2) is 5.23. The lowest BCUT2D eigenvalue weighted by Crippen LogP contribution is -2.48. The highest BCUT2D eigenvalue weighted by molar-refractivity contribution is 5.79. The summed E-state index contributed by atoms with van der Waals surface area (Å²) >= 11 is 0. The number of nitrogens with one attached hydrogen (secondary N) is 1. The second-order valence-corrected chi connectivity index (χ2v) is 5.59. The van der Waals surface area contributed by atoms with E-state index in [-0.39, 0.29) is 19.0 Å². The van der Waals surface area contributed by atoms with E-state index in [1.807, 2.05) is 0 Å². The molecule has 0 aromatic carbocycles. The van der Waals surface area contributed by atoms with Crippen molar-refractivity contribution >= 4 is 11.9 Å². The number of hydrogen-bond acceptors (Lipinski definition) is 3. The van der Waals surface area contributed by atoms with E-state index < -0.39 is 30.5 Å². The van der Waals surface area contributed by atoms with E-state index in [1.54, 1.807) is 0 Å². The van der Waals surface area contributed by atoms with Gasteiger partial charge < -0.3 is 10.4 Å². The molecule has 1 amide bonds. The Bertz CT molecular complexity index is 409. The molecule has 1 saturated carbocycles. The SMILES string of the molecule is O=C(CN1CCC(C(=O)O)(C(F)(F)F)C1)NCC1CC1. The van der Waals surface area contributed by atoms with E-state index in [1.165, 1.54) is 4.90 Å². The van der Waals surface area contributed by atoms with Crippen LogP contribution >= 0.6 is 0 Å². The lowest BCUT2D eigenvalue weighted by Gasteiger charge is -2.27. The van der Waals surface area contributed by atoms with Gasteiger partial charge in [-0.3, -0.25) is 14.5 Å². The summed E-state index contributed by atoms with van der Waals surface area (Å²) in [7, 11) is 0. The zero-order valence-electron chi connectivity index (χ0n) is 10.9. The van der Waals surface area contributed by atoms with Crippen molar-refractivity contribution in [2.45, 2.75) is 25.4 Å². The van der Waals surface area contributed by atoms with Gasteiger partial charge in [0, 0.05) is 19.6 Å². The van der Waals surface area contributed by atoms with Gasteiger partial charge in [-0.05, 0) is 25.2 Å². The average Bonchev–Trinajstić information content (AvgIpc) is 3.04. The van der Waals surface area contributed by atoms with Crippen molar-refractivity contribution in [1.82, 2.24) is 10.2 Å². The molecule has 0 bridgehead atoms. The number of likely N-dealkylation sites (tertiary alicyclic amines) is 1. The fraction of sp³-hybridized carbons (Fsp3) is 0.833. The highest BCUT2D eigenvalue weighted by atomic mass is 19.4. The third kappa shape index (κ3) is 3.05. The molecule has 0 aromatic rings. The van der Waals surface area contributed by atoms with E-state index in [2.05, 4.69) is 5.32 Å². The molecular weight excluding hydrogens is 277 g/mol. The monoisotopic (exact) mass is 294 g/mol. The van der Waals surface area contributed by atoms with E-state index in [0.717, 1.165) is 12.8 Å². The lowest BCUT2D eigenvalue weighted by atomic mass is 9.86. The second-order valence-electron chi connectivity index (χ2n) is 5.59. The number of carboxylic acid groups (broad SMARTS) is 1. The van der Waals surface area contributed by atoms with Crippen LogP contribution in [0.1, 0.15) is 19.3 Å². The average molecular weight is 294 g/mol. The summed E-state index contributed by atoms with van der Waals surface area (Å²) in [5.74, 6) is -1.73. The fourth-order valence-electron chi connectivity index (χ4n) is 2.39. The maximum absolute atomic E-state index is 12.9. The first-order valence-corrected chi connectivity index (χ1v) is 6.54. The van der Waals surface area contributed by atoms with Crippen LogP contribution in [0, 0.1) is 11.3 Å². The Hall–Kier alpha value is -1.31.